The summed E-state index contributed by atoms with van der Waals surface area (Å²) in [6, 6.07) is 0. The fourth-order valence-electron chi connectivity index (χ4n) is 2.42. The van der Waals surface area contributed by atoms with Crippen molar-refractivity contribution in [3.63, 3.8) is 0 Å². The maximum absolute atomic E-state index is 11.6. The van der Waals surface area contributed by atoms with Crippen LogP contribution in [-0.4, -0.2) is 30.1 Å². The smallest absolute Gasteiger partial charge is 0.237 e. The fraction of sp³-hybridized carbons (Fsp3) is 0.929. The average molecular weight is 240 g/mol. The molecule has 1 aliphatic rings. The molecule has 1 rings (SSSR count). The lowest BCUT2D eigenvalue weighted by atomic mass is 10.0. The van der Waals surface area contributed by atoms with Crippen LogP contribution < -0.4 is 5.32 Å². The first-order valence-corrected chi connectivity index (χ1v) is 7.18. The van der Waals surface area contributed by atoms with Crippen molar-refractivity contribution in [2.75, 3.05) is 13.1 Å². The standard InChI is InChI=1S/C14H28N2O/c1-4-13-15-11-14(17)16(13)10-8-6-5-7-9-12(2)3/h12-13,15H,4-11H2,1-3H3. The van der Waals surface area contributed by atoms with Crippen LogP contribution in [0, 0.1) is 5.92 Å². The molecule has 1 heterocycles. The van der Waals surface area contributed by atoms with Crippen molar-refractivity contribution in [3.8, 4) is 0 Å². The molecule has 17 heavy (non-hydrogen) atoms. The van der Waals surface area contributed by atoms with Gasteiger partial charge in [-0.25, -0.2) is 0 Å². The molecule has 1 fully saturated rings. The minimum absolute atomic E-state index is 0.277. The molecule has 1 N–H and O–H groups in total. The molecule has 1 atom stereocenters. The molecule has 0 radical (unpaired) electrons. The number of amides is 1. The molecule has 3 heteroatoms. The molecular weight excluding hydrogens is 212 g/mol. The van der Waals surface area contributed by atoms with E-state index in [1.165, 1.54) is 25.7 Å². The van der Waals surface area contributed by atoms with Crippen molar-refractivity contribution in [1.29, 1.82) is 0 Å². The van der Waals surface area contributed by atoms with E-state index in [0.717, 1.165) is 25.3 Å². The molecule has 0 saturated carbocycles. The van der Waals surface area contributed by atoms with E-state index in [2.05, 4.69) is 26.1 Å². The predicted octanol–water partition coefficient (Wildman–Crippen LogP) is 2.76. The predicted molar refractivity (Wildman–Crippen MR) is 71.7 cm³/mol. The molecule has 0 aliphatic carbocycles. The van der Waals surface area contributed by atoms with E-state index in [-0.39, 0.29) is 12.1 Å². The molecule has 1 amide bonds. The highest BCUT2D eigenvalue weighted by Gasteiger charge is 2.27. The monoisotopic (exact) mass is 240 g/mol. The van der Waals surface area contributed by atoms with Gasteiger partial charge in [0.15, 0.2) is 0 Å². The Kier molecular flexibility index (Phi) is 6.56. The van der Waals surface area contributed by atoms with Crippen molar-refractivity contribution in [1.82, 2.24) is 10.2 Å². The average Bonchev–Trinajstić information content (AvgIpc) is 2.64. The Balaban J connectivity index is 2.07. The second-order valence-corrected chi connectivity index (χ2v) is 5.49. The van der Waals surface area contributed by atoms with Gasteiger partial charge in [0, 0.05) is 6.54 Å². The number of carbonyl (C=O) groups is 1. The fourth-order valence-corrected chi connectivity index (χ4v) is 2.42. The lowest BCUT2D eigenvalue weighted by molar-refractivity contribution is -0.128. The number of nitrogens with one attached hydrogen (secondary N) is 1. The SMILES string of the molecule is CCC1NCC(=O)N1CCCCCCC(C)C. The molecule has 1 saturated heterocycles. The molecule has 0 aromatic carbocycles. The summed E-state index contributed by atoms with van der Waals surface area (Å²) in [5.41, 5.74) is 0. The summed E-state index contributed by atoms with van der Waals surface area (Å²) in [6.07, 6.45) is 7.69. The maximum Gasteiger partial charge on any atom is 0.237 e. The molecule has 1 unspecified atom stereocenters. The molecule has 0 bridgehead atoms. The third kappa shape index (κ3) is 5.07. The minimum atomic E-state index is 0.277. The van der Waals surface area contributed by atoms with Crippen LogP contribution in [0.1, 0.15) is 59.3 Å². The summed E-state index contributed by atoms with van der Waals surface area (Å²) in [7, 11) is 0. The zero-order valence-electron chi connectivity index (χ0n) is 11.7. The van der Waals surface area contributed by atoms with Gasteiger partial charge in [-0.1, -0.05) is 46.5 Å². The third-order valence-electron chi connectivity index (χ3n) is 3.50. The number of carbonyl (C=O) groups excluding carboxylic acids is 1. The highest BCUT2D eigenvalue weighted by molar-refractivity contribution is 5.80. The van der Waals surface area contributed by atoms with Crippen molar-refractivity contribution in [2.24, 2.45) is 5.92 Å². The van der Waals surface area contributed by atoms with Gasteiger partial charge in [-0.2, -0.15) is 0 Å². The summed E-state index contributed by atoms with van der Waals surface area (Å²) < 4.78 is 0. The summed E-state index contributed by atoms with van der Waals surface area (Å²) in [6.45, 7) is 8.16. The first-order chi connectivity index (χ1) is 8.15. The van der Waals surface area contributed by atoms with Gasteiger partial charge in [0.2, 0.25) is 5.91 Å². The van der Waals surface area contributed by atoms with E-state index in [4.69, 9.17) is 0 Å². The second-order valence-electron chi connectivity index (χ2n) is 5.49. The van der Waals surface area contributed by atoms with Crippen molar-refractivity contribution in [2.45, 2.75) is 65.5 Å². The lowest BCUT2D eigenvalue weighted by Crippen LogP contribution is -2.37. The number of nitrogens with zero attached hydrogens (tertiary/aromatic N) is 1. The molecule has 0 aromatic heterocycles. The number of unbranched alkanes of at least 4 members (excludes halogenated alkanes) is 3. The van der Waals surface area contributed by atoms with E-state index in [9.17, 15) is 4.79 Å². The maximum atomic E-state index is 11.6. The molecule has 100 valence electrons. The van der Waals surface area contributed by atoms with Crippen LogP contribution in [0.5, 0.6) is 0 Å². The minimum Gasteiger partial charge on any atom is -0.326 e. The highest BCUT2D eigenvalue weighted by Crippen LogP contribution is 2.13. The molecule has 1 aliphatic heterocycles. The zero-order chi connectivity index (χ0) is 12.7. The Bertz CT molecular complexity index is 228. The lowest BCUT2D eigenvalue weighted by Gasteiger charge is -2.23. The van der Waals surface area contributed by atoms with Gasteiger partial charge in [-0.15, -0.1) is 0 Å². The van der Waals surface area contributed by atoms with Crippen LogP contribution in [0.15, 0.2) is 0 Å². The van der Waals surface area contributed by atoms with Gasteiger partial charge in [0.1, 0.15) is 0 Å². The Hall–Kier alpha value is -0.570. The van der Waals surface area contributed by atoms with Crippen molar-refractivity contribution >= 4 is 5.91 Å². The Morgan fingerprint density at radius 3 is 2.65 bits per heavy atom. The van der Waals surface area contributed by atoms with Crippen LogP contribution >= 0.6 is 0 Å². The second kappa shape index (κ2) is 7.70. The summed E-state index contributed by atoms with van der Waals surface area (Å²) in [4.78, 5) is 13.6. The van der Waals surface area contributed by atoms with E-state index in [0.29, 0.717) is 6.54 Å². The first kappa shape index (κ1) is 14.5. The third-order valence-corrected chi connectivity index (χ3v) is 3.50. The van der Waals surface area contributed by atoms with Gasteiger partial charge < -0.3 is 4.90 Å². The first-order valence-electron chi connectivity index (χ1n) is 7.18. The van der Waals surface area contributed by atoms with Gasteiger partial charge in [-0.05, 0) is 18.8 Å². The Morgan fingerprint density at radius 1 is 1.29 bits per heavy atom. The quantitative estimate of drug-likeness (QED) is 0.662. The van der Waals surface area contributed by atoms with Crippen LogP contribution in [0.4, 0.5) is 0 Å². The van der Waals surface area contributed by atoms with Crippen molar-refractivity contribution < 1.29 is 4.79 Å². The van der Waals surface area contributed by atoms with Gasteiger partial charge in [0.05, 0.1) is 12.7 Å². The number of hydrogen-bond acceptors (Lipinski definition) is 2. The number of rotatable bonds is 8. The van der Waals surface area contributed by atoms with E-state index in [1.807, 2.05) is 4.90 Å². The molecule has 3 nitrogen and oxygen atoms in total. The normalized spacial score (nSPS) is 20.6. The zero-order valence-corrected chi connectivity index (χ0v) is 11.7. The summed E-state index contributed by atoms with van der Waals surface area (Å²) in [5.74, 6) is 1.10. The molecule has 0 aromatic rings. The Labute approximate surface area is 106 Å². The highest BCUT2D eigenvalue weighted by atomic mass is 16.2. The Morgan fingerprint density at radius 2 is 2.00 bits per heavy atom. The van der Waals surface area contributed by atoms with Crippen molar-refractivity contribution in [3.05, 3.63) is 0 Å². The van der Waals surface area contributed by atoms with E-state index < -0.39 is 0 Å². The van der Waals surface area contributed by atoms with Crippen LogP contribution in [-0.2, 0) is 4.79 Å². The van der Waals surface area contributed by atoms with E-state index in [1.54, 1.807) is 0 Å². The molecular formula is C14H28N2O. The summed E-state index contributed by atoms with van der Waals surface area (Å²) in [5, 5.41) is 3.25. The van der Waals surface area contributed by atoms with Gasteiger partial charge in [0.25, 0.3) is 0 Å². The largest absolute Gasteiger partial charge is 0.326 e. The summed E-state index contributed by atoms with van der Waals surface area (Å²) >= 11 is 0. The van der Waals surface area contributed by atoms with Crippen LogP contribution in [0.25, 0.3) is 0 Å². The topological polar surface area (TPSA) is 32.3 Å². The van der Waals surface area contributed by atoms with E-state index >= 15 is 0 Å². The van der Waals surface area contributed by atoms with Crippen LogP contribution in [0.2, 0.25) is 0 Å². The van der Waals surface area contributed by atoms with Crippen LogP contribution in [0.3, 0.4) is 0 Å². The van der Waals surface area contributed by atoms with Gasteiger partial charge >= 0.3 is 0 Å². The number of hydrogen-bond donors (Lipinski definition) is 1. The van der Waals surface area contributed by atoms with Gasteiger partial charge in [-0.3, -0.25) is 10.1 Å². The molecule has 0 spiro atoms.